The molecule has 0 bridgehead atoms. The molecule has 1 N–H and O–H groups in total. The van der Waals surface area contributed by atoms with Crippen molar-refractivity contribution in [1.29, 1.82) is 5.26 Å². The van der Waals surface area contributed by atoms with E-state index >= 15 is 0 Å². The number of hydrogen-bond donors (Lipinski definition) is 1. The van der Waals surface area contributed by atoms with Gasteiger partial charge in [-0.05, 0) is 29.4 Å². The largest absolute Gasteiger partial charge is 1.00 e. The molecule has 3 nitrogen and oxygen atoms in total. The Hall–Kier alpha value is -0.670. The quantitative estimate of drug-likeness (QED) is 0.207. The summed E-state index contributed by atoms with van der Waals surface area (Å²) in [5.41, 5.74) is 0.602. The van der Waals surface area contributed by atoms with Crippen LogP contribution >= 0.6 is 0 Å². The summed E-state index contributed by atoms with van der Waals surface area (Å²) in [6.45, 7) is 0. The zero-order valence-electron chi connectivity index (χ0n) is 7.49. The molecular weight excluding hydrogens is 212 g/mol. The van der Waals surface area contributed by atoms with E-state index in [4.69, 9.17) is 5.26 Å². The van der Waals surface area contributed by atoms with Gasteiger partial charge in [-0.25, -0.2) is 4.39 Å². The molecule has 0 aliphatic carbocycles. The minimum atomic E-state index is -0.325. The Labute approximate surface area is 109 Å². The molecule has 0 unspecified atom stereocenters. The van der Waals surface area contributed by atoms with Crippen molar-refractivity contribution >= 4 is 23.5 Å². The van der Waals surface area contributed by atoms with E-state index in [1.165, 1.54) is 24.3 Å². The number of nitrogens with one attached hydrogen (secondary N) is 1. The predicted octanol–water partition coefficient (Wildman–Crippen LogP) is -1.37. The molecule has 0 aliphatic rings. The smallest absolute Gasteiger partial charge is 0.742 e. The number of hydrogen-bond acceptors (Lipinski definition) is 3. The zero-order valence-corrected chi connectivity index (χ0v) is 10.3. The van der Waals surface area contributed by atoms with Crippen LogP contribution in [0.3, 0.4) is 0 Å². The van der Waals surface area contributed by atoms with Gasteiger partial charge in [-0.15, -0.1) is 0 Å². The number of nitriles is 1. The average molecular weight is 217 g/mol. The summed E-state index contributed by atoms with van der Waals surface area (Å²) in [4.78, 5) is 3.27. The third kappa shape index (κ3) is 4.53. The summed E-state index contributed by atoms with van der Waals surface area (Å²) in [7, 11) is 0. The summed E-state index contributed by atoms with van der Waals surface area (Å²) < 4.78 is 12.4. The summed E-state index contributed by atoms with van der Waals surface area (Å²) in [5.74, 6) is -0.325. The van der Waals surface area contributed by atoms with Gasteiger partial charge in [-0.2, -0.15) is 10.3 Å². The van der Waals surface area contributed by atoms with Gasteiger partial charge in [-0.3, -0.25) is 0 Å². The minimum Gasteiger partial charge on any atom is -0.742 e. The zero-order chi connectivity index (χ0) is 9.68. The Kier molecular flexibility index (Phi) is 6.41. The van der Waals surface area contributed by atoms with Crippen LogP contribution in [0.1, 0.15) is 0 Å². The first-order chi connectivity index (χ1) is 6.22. The van der Waals surface area contributed by atoms with Crippen LogP contribution in [-0.2, 0) is 12.6 Å². The van der Waals surface area contributed by atoms with E-state index in [1.54, 1.807) is 6.19 Å². The fraction of sp³-hybridized carbons (Fsp3) is 0. The molecule has 1 aromatic rings. The number of anilines is 1. The van der Waals surface area contributed by atoms with Crippen LogP contribution in [0.15, 0.2) is 29.3 Å². The summed E-state index contributed by atoms with van der Waals surface area (Å²) in [5, 5.41) is 10.9. The molecule has 0 saturated heterocycles. The maximum Gasteiger partial charge on any atom is 1.00 e. The van der Waals surface area contributed by atoms with Gasteiger partial charge in [0, 0.05) is 5.69 Å². The van der Waals surface area contributed by atoms with Crippen LogP contribution in [0.5, 0.6) is 0 Å². The van der Waals surface area contributed by atoms with Crippen molar-refractivity contribution in [1.82, 2.24) is 0 Å². The molecule has 0 aliphatic heterocycles. The van der Waals surface area contributed by atoms with Gasteiger partial charge in [-0.1, -0.05) is 0 Å². The number of amidine groups is 1. The van der Waals surface area contributed by atoms with Crippen molar-refractivity contribution in [3.8, 4) is 6.19 Å². The van der Waals surface area contributed by atoms with Crippen molar-refractivity contribution < 1.29 is 33.9 Å². The number of halogens is 1. The van der Waals surface area contributed by atoms with Crippen molar-refractivity contribution in [2.24, 2.45) is 4.99 Å². The molecule has 0 atom stereocenters. The standard InChI is InChI=1S/C8H6FN3S.Na/c9-6-1-3-7(4-2-6)12-8(13)11-5-10;/h1-4H,(H2,11,12,13);/q;+1/p-1. The van der Waals surface area contributed by atoms with Gasteiger partial charge in [0.25, 0.3) is 0 Å². The van der Waals surface area contributed by atoms with E-state index in [2.05, 4.69) is 22.9 Å². The van der Waals surface area contributed by atoms with Gasteiger partial charge in [0.1, 0.15) is 5.82 Å². The van der Waals surface area contributed by atoms with Crippen LogP contribution in [0.25, 0.3) is 0 Å². The van der Waals surface area contributed by atoms with Crippen molar-refractivity contribution in [2.45, 2.75) is 0 Å². The number of benzene rings is 1. The Balaban J connectivity index is 0.00000169. The van der Waals surface area contributed by atoms with Crippen LogP contribution in [0, 0.1) is 17.3 Å². The molecule has 0 spiro atoms. The third-order valence-corrected chi connectivity index (χ3v) is 1.44. The van der Waals surface area contributed by atoms with Crippen LogP contribution in [-0.4, -0.2) is 5.17 Å². The van der Waals surface area contributed by atoms with Crippen molar-refractivity contribution in [3.05, 3.63) is 30.1 Å². The minimum absolute atomic E-state index is 0. The summed E-state index contributed by atoms with van der Waals surface area (Å²) in [6, 6.07) is 5.59. The Morgan fingerprint density at radius 1 is 1.43 bits per heavy atom. The molecule has 1 aromatic carbocycles. The summed E-state index contributed by atoms with van der Waals surface area (Å²) >= 11 is 4.67. The Morgan fingerprint density at radius 3 is 2.50 bits per heavy atom. The van der Waals surface area contributed by atoms with E-state index in [-0.39, 0.29) is 40.5 Å². The average Bonchev–Trinajstić information content (AvgIpc) is 2.09. The van der Waals surface area contributed by atoms with Gasteiger partial charge >= 0.3 is 29.6 Å². The van der Waals surface area contributed by atoms with Gasteiger partial charge < -0.3 is 17.9 Å². The maximum atomic E-state index is 12.4. The third-order valence-electron chi connectivity index (χ3n) is 1.25. The molecule has 0 heterocycles. The Bertz CT molecular complexity index is 358. The van der Waals surface area contributed by atoms with Gasteiger partial charge in [0.2, 0.25) is 6.19 Å². The molecule has 0 fully saturated rings. The molecule has 0 aromatic heterocycles. The maximum absolute atomic E-state index is 12.4. The van der Waals surface area contributed by atoms with Crippen molar-refractivity contribution in [3.63, 3.8) is 0 Å². The van der Waals surface area contributed by atoms with Crippen LogP contribution < -0.4 is 34.9 Å². The number of rotatable bonds is 1. The van der Waals surface area contributed by atoms with E-state index in [0.29, 0.717) is 5.69 Å². The number of aliphatic imine (C=N–C) groups is 1. The van der Waals surface area contributed by atoms with Gasteiger partial charge in [0.15, 0.2) is 0 Å². The predicted molar refractivity (Wildman–Crippen MR) is 50.4 cm³/mol. The van der Waals surface area contributed by atoms with E-state index in [1.807, 2.05) is 0 Å². The molecule has 66 valence electrons. The molecule has 0 radical (unpaired) electrons. The number of nitrogens with zero attached hydrogens (tertiary/aromatic N) is 2. The molecule has 14 heavy (non-hydrogen) atoms. The fourth-order valence-electron chi connectivity index (χ4n) is 0.730. The van der Waals surface area contributed by atoms with Crippen LogP contribution in [0.4, 0.5) is 10.1 Å². The molecule has 1 rings (SSSR count). The SMILES string of the molecule is N#C/N=C(\[S-])Nc1ccc(F)cc1.[Na+]. The molecule has 6 heteroatoms. The normalized spacial score (nSPS) is 9.86. The molecule has 0 amide bonds. The van der Waals surface area contributed by atoms with E-state index in [0.717, 1.165) is 0 Å². The Morgan fingerprint density at radius 2 is 2.00 bits per heavy atom. The van der Waals surface area contributed by atoms with E-state index in [9.17, 15) is 4.39 Å². The first-order valence-electron chi connectivity index (χ1n) is 3.39. The monoisotopic (exact) mass is 217 g/mol. The summed E-state index contributed by atoms with van der Waals surface area (Å²) in [6.07, 6.45) is 1.55. The second-order valence-electron chi connectivity index (χ2n) is 2.15. The first-order valence-corrected chi connectivity index (χ1v) is 3.79. The first kappa shape index (κ1) is 13.3. The fourth-order valence-corrected chi connectivity index (χ4v) is 0.889. The second-order valence-corrected chi connectivity index (χ2v) is 2.54. The van der Waals surface area contributed by atoms with E-state index < -0.39 is 0 Å². The van der Waals surface area contributed by atoms with Gasteiger partial charge in [0.05, 0.1) is 0 Å². The molecular formula is C8H5FN3NaS. The molecule has 0 saturated carbocycles. The van der Waals surface area contributed by atoms with Crippen molar-refractivity contribution in [2.75, 3.05) is 5.32 Å². The topological polar surface area (TPSA) is 48.2 Å². The second kappa shape index (κ2) is 6.74. The van der Waals surface area contributed by atoms with Crippen LogP contribution in [0.2, 0.25) is 0 Å².